The van der Waals surface area contributed by atoms with Gasteiger partial charge in [0.2, 0.25) is 41.4 Å². The van der Waals surface area contributed by atoms with Gasteiger partial charge in [-0.3, -0.25) is 38.4 Å². The maximum absolute atomic E-state index is 14.0. The second-order valence-corrected chi connectivity index (χ2v) is 13.4. The van der Waals surface area contributed by atoms with Crippen molar-refractivity contribution in [2.24, 2.45) is 5.92 Å². The van der Waals surface area contributed by atoms with Crippen LogP contribution in [-0.4, -0.2) is 141 Å². The van der Waals surface area contributed by atoms with Gasteiger partial charge >= 0.3 is 11.9 Å². The van der Waals surface area contributed by atoms with Crippen LogP contribution < -0.4 is 21.3 Å². The van der Waals surface area contributed by atoms with Gasteiger partial charge in [0.05, 0.1) is 13.0 Å². The zero-order valence-electron chi connectivity index (χ0n) is 28.4. The van der Waals surface area contributed by atoms with Crippen LogP contribution in [-0.2, 0) is 43.2 Å². The van der Waals surface area contributed by atoms with Crippen LogP contribution in [0.25, 0.3) is 0 Å². The molecule has 0 aromatic rings. The van der Waals surface area contributed by atoms with Crippen molar-refractivity contribution in [3.63, 3.8) is 0 Å². The first kappa shape index (κ1) is 38.0. The average molecular weight is 706 g/mol. The summed E-state index contributed by atoms with van der Waals surface area (Å²) < 4.78 is 0. The van der Waals surface area contributed by atoms with E-state index in [-0.39, 0.29) is 44.2 Å². The second kappa shape index (κ2) is 16.8. The molecule has 4 saturated heterocycles. The van der Waals surface area contributed by atoms with Crippen LogP contribution in [0.2, 0.25) is 0 Å². The van der Waals surface area contributed by atoms with Crippen molar-refractivity contribution in [1.82, 2.24) is 36.0 Å². The molecule has 0 aromatic heterocycles. The van der Waals surface area contributed by atoms with Gasteiger partial charge in [-0.05, 0) is 50.9 Å². The number of aliphatic carboxylic acids is 2. The molecule has 7 atom stereocenters. The Morgan fingerprint density at radius 1 is 0.820 bits per heavy atom. The van der Waals surface area contributed by atoms with Gasteiger partial charge in [-0.2, -0.15) is 0 Å². The fourth-order valence-corrected chi connectivity index (χ4v) is 7.07. The predicted molar refractivity (Wildman–Crippen MR) is 172 cm³/mol. The van der Waals surface area contributed by atoms with E-state index in [2.05, 4.69) is 21.3 Å². The molecule has 4 aliphatic heterocycles. The summed E-state index contributed by atoms with van der Waals surface area (Å²) in [6, 6.07) is -6.19. The third-order valence-electron chi connectivity index (χ3n) is 10.0. The van der Waals surface area contributed by atoms with E-state index in [0.717, 1.165) is 0 Å². The normalized spacial score (nSPS) is 25.0. The number of nitrogens with one attached hydrogen (secondary N) is 4. The smallest absolute Gasteiger partial charge is 0.326 e. The molecule has 0 aliphatic carbocycles. The maximum Gasteiger partial charge on any atom is 0.326 e. The maximum atomic E-state index is 14.0. The summed E-state index contributed by atoms with van der Waals surface area (Å²) in [6.45, 7) is 3.81. The number of carbonyl (C=O) groups excluding carboxylic acids is 7. The molecule has 50 heavy (non-hydrogen) atoms. The molecule has 4 fully saturated rings. The molecule has 4 rings (SSSR count). The van der Waals surface area contributed by atoms with Crippen molar-refractivity contribution in [2.45, 2.75) is 114 Å². The summed E-state index contributed by atoms with van der Waals surface area (Å²) >= 11 is 0. The fraction of sp³-hybridized carbons (Fsp3) is 0.719. The predicted octanol–water partition coefficient (Wildman–Crippen LogP) is -2.07. The Labute approximate surface area is 289 Å². The number of likely N-dealkylation sites (tertiary alicyclic amines) is 3. The van der Waals surface area contributed by atoms with Crippen LogP contribution >= 0.6 is 0 Å². The second-order valence-electron chi connectivity index (χ2n) is 13.4. The van der Waals surface area contributed by atoms with E-state index < -0.39 is 96.6 Å². The van der Waals surface area contributed by atoms with E-state index in [1.165, 1.54) is 14.7 Å². The average Bonchev–Trinajstić information content (AvgIpc) is 3.91. The van der Waals surface area contributed by atoms with E-state index in [1.54, 1.807) is 6.92 Å². The highest BCUT2D eigenvalue weighted by atomic mass is 16.4. The van der Waals surface area contributed by atoms with Gasteiger partial charge in [-0.25, -0.2) is 4.79 Å². The van der Waals surface area contributed by atoms with Gasteiger partial charge in [0.15, 0.2) is 0 Å². The van der Waals surface area contributed by atoms with Crippen molar-refractivity contribution in [3.8, 4) is 0 Å². The zero-order chi connectivity index (χ0) is 36.7. The van der Waals surface area contributed by atoms with Gasteiger partial charge in [0, 0.05) is 26.1 Å². The van der Waals surface area contributed by atoms with E-state index in [0.29, 0.717) is 45.1 Å². The lowest BCUT2D eigenvalue weighted by Gasteiger charge is -2.34. The number of hydrogen-bond donors (Lipinski definition) is 6. The Hall–Kier alpha value is -4.77. The highest BCUT2D eigenvalue weighted by molar-refractivity contribution is 5.98. The Bertz CT molecular complexity index is 1390. The lowest BCUT2D eigenvalue weighted by molar-refractivity contribution is -0.152. The summed E-state index contributed by atoms with van der Waals surface area (Å²) in [4.78, 5) is 118. The minimum absolute atomic E-state index is 0.116. The van der Waals surface area contributed by atoms with Crippen LogP contribution in [0.1, 0.15) is 78.1 Å². The molecule has 7 amide bonds. The van der Waals surface area contributed by atoms with E-state index in [1.807, 2.05) is 6.92 Å². The number of carboxylic acid groups (broad SMARTS) is 2. The van der Waals surface area contributed by atoms with E-state index >= 15 is 0 Å². The number of amides is 7. The van der Waals surface area contributed by atoms with E-state index in [4.69, 9.17) is 0 Å². The molecule has 276 valence electrons. The van der Waals surface area contributed by atoms with Crippen molar-refractivity contribution < 1.29 is 53.4 Å². The van der Waals surface area contributed by atoms with Gasteiger partial charge in [0.25, 0.3) is 0 Å². The molecule has 4 aliphatic rings. The molecule has 0 spiro atoms. The summed E-state index contributed by atoms with van der Waals surface area (Å²) in [5.41, 5.74) is 0. The van der Waals surface area contributed by atoms with E-state index in [9.17, 15) is 53.4 Å². The molecule has 0 radical (unpaired) electrons. The van der Waals surface area contributed by atoms with Crippen LogP contribution in [0.4, 0.5) is 0 Å². The molecular weight excluding hydrogens is 658 g/mol. The monoisotopic (exact) mass is 705 g/mol. The third-order valence-corrected chi connectivity index (χ3v) is 10.0. The fourth-order valence-electron chi connectivity index (χ4n) is 7.07. The first-order valence-electron chi connectivity index (χ1n) is 17.3. The number of hydrogen-bond acceptors (Lipinski definition) is 9. The van der Waals surface area contributed by atoms with Gasteiger partial charge < -0.3 is 46.2 Å². The summed E-state index contributed by atoms with van der Waals surface area (Å²) in [5.74, 6) is -6.89. The summed E-state index contributed by atoms with van der Waals surface area (Å²) in [7, 11) is 0. The lowest BCUT2D eigenvalue weighted by atomic mass is 9.96. The first-order chi connectivity index (χ1) is 23.7. The Balaban J connectivity index is 1.38. The molecular formula is C32H47N7O11. The Morgan fingerprint density at radius 2 is 1.44 bits per heavy atom. The van der Waals surface area contributed by atoms with Crippen LogP contribution in [0.5, 0.6) is 0 Å². The Kier molecular flexibility index (Phi) is 12.7. The van der Waals surface area contributed by atoms with Crippen molar-refractivity contribution in [2.75, 3.05) is 26.2 Å². The summed E-state index contributed by atoms with van der Waals surface area (Å²) in [6.07, 6.45) is 2.61. The number of nitrogens with zero attached hydrogens (tertiary/aromatic N) is 3. The van der Waals surface area contributed by atoms with Crippen LogP contribution in [0.15, 0.2) is 0 Å². The molecule has 0 unspecified atom stereocenters. The Morgan fingerprint density at radius 3 is 2.04 bits per heavy atom. The molecule has 18 nitrogen and oxygen atoms in total. The quantitative estimate of drug-likeness (QED) is 0.115. The molecule has 6 N–H and O–H groups in total. The summed E-state index contributed by atoms with van der Waals surface area (Å²) in [5, 5.41) is 28.7. The zero-order valence-corrected chi connectivity index (χ0v) is 28.4. The number of carboxylic acids is 2. The SMILES string of the molecule is CC[C@H](C)[C@H](NC(=O)[C@@H]1CCCN1C(=O)CNC(=O)[C@H](CC(=O)O)NC(=O)[C@@H]1CCC(=O)N1)C(=O)N1CCC[C@H]1C(=O)N1CCC[C@H]1C(=O)O. The van der Waals surface area contributed by atoms with Gasteiger partial charge in [0.1, 0.15) is 36.3 Å². The molecule has 18 heteroatoms. The van der Waals surface area contributed by atoms with Crippen molar-refractivity contribution in [3.05, 3.63) is 0 Å². The highest BCUT2D eigenvalue weighted by Crippen LogP contribution is 2.27. The first-order valence-corrected chi connectivity index (χ1v) is 17.3. The lowest BCUT2D eigenvalue weighted by Crippen LogP contribution is -2.59. The van der Waals surface area contributed by atoms with Gasteiger partial charge in [-0.15, -0.1) is 0 Å². The van der Waals surface area contributed by atoms with Crippen molar-refractivity contribution >= 4 is 53.3 Å². The molecule has 4 heterocycles. The minimum atomic E-state index is -1.52. The highest BCUT2D eigenvalue weighted by Gasteiger charge is 2.45. The largest absolute Gasteiger partial charge is 0.481 e. The topological polar surface area (TPSA) is 252 Å². The number of carbonyl (C=O) groups is 9. The molecule has 0 aromatic carbocycles. The standard InChI is InChI=1S/C32H47N7O11/c1-3-17(2)26(31(48)38-13-5-8-21(38)30(47)39-14-6-9-22(39)32(49)50)36-29(46)20-7-4-12-37(20)24(41)16-33-27(44)19(15-25(42)43)35-28(45)18-10-11-23(40)34-18/h17-22,26H,3-16H2,1-2H3,(H,33,44)(H,34,40)(H,35,45)(H,36,46)(H,42,43)(H,49,50)/t17-,18-,19-,20-,21-,22-,26-/m0/s1. The third kappa shape index (κ3) is 8.87. The minimum Gasteiger partial charge on any atom is -0.481 e. The van der Waals surface area contributed by atoms with Crippen LogP contribution in [0, 0.1) is 5.92 Å². The van der Waals surface area contributed by atoms with Crippen molar-refractivity contribution in [1.29, 1.82) is 0 Å². The van der Waals surface area contributed by atoms with Crippen LogP contribution in [0.3, 0.4) is 0 Å². The molecule has 0 saturated carbocycles. The van der Waals surface area contributed by atoms with Gasteiger partial charge in [-0.1, -0.05) is 20.3 Å². The molecule has 0 bridgehead atoms. The number of rotatable bonds is 14.